The Kier molecular flexibility index (Phi) is 4.12. The molecule has 0 bridgehead atoms. The van der Waals surface area contributed by atoms with E-state index in [1.165, 1.54) is 0 Å². The van der Waals surface area contributed by atoms with Crippen molar-refractivity contribution in [1.29, 1.82) is 0 Å². The zero-order valence-electron chi connectivity index (χ0n) is 10.2. The van der Waals surface area contributed by atoms with Crippen LogP contribution in [0.15, 0.2) is 40.9 Å². The maximum atomic E-state index is 12.1. The van der Waals surface area contributed by atoms with Crippen molar-refractivity contribution in [2.75, 3.05) is 11.1 Å². The second-order valence-electron chi connectivity index (χ2n) is 4.20. The van der Waals surface area contributed by atoms with E-state index in [4.69, 9.17) is 17.3 Å². The molecule has 2 aromatic carbocycles. The lowest BCUT2D eigenvalue weighted by atomic mass is 10.1. The van der Waals surface area contributed by atoms with E-state index in [9.17, 15) is 4.79 Å². The van der Waals surface area contributed by atoms with Crippen LogP contribution in [0.3, 0.4) is 0 Å². The first-order valence-corrected chi connectivity index (χ1v) is 6.76. The van der Waals surface area contributed by atoms with Gasteiger partial charge in [-0.2, -0.15) is 0 Å². The molecule has 0 saturated carbocycles. The van der Waals surface area contributed by atoms with Gasteiger partial charge in [-0.3, -0.25) is 4.79 Å². The summed E-state index contributed by atoms with van der Waals surface area (Å²) in [6.07, 6.45) is 0. The molecule has 98 valence electrons. The topological polar surface area (TPSA) is 55.1 Å². The molecule has 0 saturated heterocycles. The molecule has 2 rings (SSSR count). The standard InChI is InChI=1S/C14H12BrClN2O/c1-8-4-9(6-11(16)5-8)14(19)18-13-3-2-10(15)7-12(13)17/h2-7H,17H2,1H3,(H,18,19). The van der Waals surface area contributed by atoms with Crippen LogP contribution >= 0.6 is 27.5 Å². The fraction of sp³-hybridized carbons (Fsp3) is 0.0714. The molecule has 0 aromatic heterocycles. The van der Waals surface area contributed by atoms with E-state index in [1.54, 1.807) is 30.3 Å². The second kappa shape index (κ2) is 5.63. The molecule has 19 heavy (non-hydrogen) atoms. The van der Waals surface area contributed by atoms with Gasteiger partial charge in [-0.15, -0.1) is 0 Å². The van der Waals surface area contributed by atoms with Gasteiger partial charge in [-0.05, 0) is 48.9 Å². The number of nitrogen functional groups attached to an aromatic ring is 1. The summed E-state index contributed by atoms with van der Waals surface area (Å²) in [4.78, 5) is 12.1. The third-order valence-corrected chi connectivity index (χ3v) is 3.28. The molecular weight excluding hydrogens is 328 g/mol. The molecule has 1 amide bonds. The Balaban J connectivity index is 2.25. The number of amides is 1. The maximum Gasteiger partial charge on any atom is 0.255 e. The Morgan fingerprint density at radius 1 is 1.26 bits per heavy atom. The number of nitrogens with one attached hydrogen (secondary N) is 1. The van der Waals surface area contributed by atoms with Crippen molar-refractivity contribution in [3.05, 3.63) is 57.0 Å². The third-order valence-electron chi connectivity index (χ3n) is 2.57. The van der Waals surface area contributed by atoms with E-state index in [2.05, 4.69) is 21.2 Å². The summed E-state index contributed by atoms with van der Waals surface area (Å²) < 4.78 is 0.863. The van der Waals surface area contributed by atoms with E-state index < -0.39 is 0 Å². The molecule has 0 spiro atoms. The average molecular weight is 340 g/mol. The number of carbonyl (C=O) groups excluding carboxylic acids is 1. The summed E-state index contributed by atoms with van der Waals surface area (Å²) >= 11 is 9.25. The number of halogens is 2. The minimum atomic E-state index is -0.236. The number of hydrogen-bond donors (Lipinski definition) is 2. The van der Waals surface area contributed by atoms with Gasteiger partial charge in [0.2, 0.25) is 0 Å². The first kappa shape index (κ1) is 13.9. The fourth-order valence-electron chi connectivity index (χ4n) is 1.71. The van der Waals surface area contributed by atoms with Crippen LogP contribution in [0.25, 0.3) is 0 Å². The molecule has 0 heterocycles. The predicted octanol–water partition coefficient (Wildman–Crippen LogP) is 4.25. The lowest BCUT2D eigenvalue weighted by Gasteiger charge is -2.09. The maximum absolute atomic E-state index is 12.1. The van der Waals surface area contributed by atoms with Crippen LogP contribution < -0.4 is 11.1 Å². The highest BCUT2D eigenvalue weighted by atomic mass is 79.9. The minimum Gasteiger partial charge on any atom is -0.397 e. The van der Waals surface area contributed by atoms with Crippen LogP contribution in [0.2, 0.25) is 5.02 Å². The zero-order chi connectivity index (χ0) is 14.0. The van der Waals surface area contributed by atoms with E-state index in [-0.39, 0.29) is 5.91 Å². The third kappa shape index (κ3) is 3.49. The van der Waals surface area contributed by atoms with Crippen molar-refractivity contribution < 1.29 is 4.79 Å². The number of rotatable bonds is 2. The van der Waals surface area contributed by atoms with E-state index >= 15 is 0 Å². The van der Waals surface area contributed by atoms with Crippen molar-refractivity contribution in [1.82, 2.24) is 0 Å². The van der Waals surface area contributed by atoms with Crippen LogP contribution in [0.4, 0.5) is 11.4 Å². The number of anilines is 2. The molecule has 0 atom stereocenters. The number of nitrogens with two attached hydrogens (primary N) is 1. The SMILES string of the molecule is Cc1cc(Cl)cc(C(=O)Nc2ccc(Br)cc2N)c1. The Bertz CT molecular complexity index is 623. The normalized spacial score (nSPS) is 10.3. The minimum absolute atomic E-state index is 0.236. The van der Waals surface area contributed by atoms with Crippen LogP contribution in [0.1, 0.15) is 15.9 Å². The first-order chi connectivity index (χ1) is 8.95. The average Bonchev–Trinajstić information content (AvgIpc) is 2.31. The summed E-state index contributed by atoms with van der Waals surface area (Å²) in [6, 6.07) is 10.5. The summed E-state index contributed by atoms with van der Waals surface area (Å²) in [5.74, 6) is -0.236. The van der Waals surface area contributed by atoms with Gasteiger partial charge < -0.3 is 11.1 Å². The molecule has 0 radical (unpaired) electrons. The fourth-order valence-corrected chi connectivity index (χ4v) is 2.38. The van der Waals surface area contributed by atoms with Crippen LogP contribution in [0.5, 0.6) is 0 Å². The molecule has 0 aliphatic heterocycles. The number of hydrogen-bond acceptors (Lipinski definition) is 2. The van der Waals surface area contributed by atoms with E-state index in [0.29, 0.717) is 22.0 Å². The number of aryl methyl sites for hydroxylation is 1. The highest BCUT2D eigenvalue weighted by Crippen LogP contribution is 2.24. The van der Waals surface area contributed by atoms with Crippen molar-refractivity contribution >= 4 is 44.8 Å². The zero-order valence-corrected chi connectivity index (χ0v) is 12.5. The molecule has 2 aromatic rings. The summed E-state index contributed by atoms with van der Waals surface area (Å²) in [5, 5.41) is 3.30. The Morgan fingerprint density at radius 2 is 2.00 bits per heavy atom. The van der Waals surface area contributed by atoms with Crippen molar-refractivity contribution in [3.63, 3.8) is 0 Å². The number of carbonyl (C=O) groups is 1. The molecule has 5 heteroatoms. The monoisotopic (exact) mass is 338 g/mol. The Morgan fingerprint density at radius 3 is 2.63 bits per heavy atom. The lowest BCUT2D eigenvalue weighted by molar-refractivity contribution is 0.102. The molecule has 0 aliphatic rings. The predicted molar refractivity (Wildman–Crippen MR) is 82.7 cm³/mol. The van der Waals surface area contributed by atoms with Gasteiger partial charge in [0.15, 0.2) is 0 Å². The molecule has 0 aliphatic carbocycles. The molecule has 3 N–H and O–H groups in total. The van der Waals surface area contributed by atoms with Gasteiger partial charge in [0.05, 0.1) is 11.4 Å². The van der Waals surface area contributed by atoms with Crippen molar-refractivity contribution in [3.8, 4) is 0 Å². The van der Waals surface area contributed by atoms with Crippen LogP contribution in [-0.4, -0.2) is 5.91 Å². The van der Waals surface area contributed by atoms with Gasteiger partial charge >= 0.3 is 0 Å². The smallest absolute Gasteiger partial charge is 0.255 e. The largest absolute Gasteiger partial charge is 0.397 e. The first-order valence-electron chi connectivity index (χ1n) is 5.59. The van der Waals surface area contributed by atoms with Gasteiger partial charge in [0, 0.05) is 15.1 Å². The van der Waals surface area contributed by atoms with Gasteiger partial charge in [0.1, 0.15) is 0 Å². The lowest BCUT2D eigenvalue weighted by Crippen LogP contribution is -2.13. The molecule has 0 unspecified atom stereocenters. The van der Waals surface area contributed by atoms with E-state index in [0.717, 1.165) is 10.0 Å². The quantitative estimate of drug-likeness (QED) is 0.804. The summed E-state index contributed by atoms with van der Waals surface area (Å²) in [5.41, 5.74) is 8.35. The Labute approximate surface area is 124 Å². The van der Waals surface area contributed by atoms with Crippen LogP contribution in [-0.2, 0) is 0 Å². The highest BCUT2D eigenvalue weighted by Gasteiger charge is 2.09. The van der Waals surface area contributed by atoms with Gasteiger partial charge in [-0.25, -0.2) is 0 Å². The van der Waals surface area contributed by atoms with Crippen molar-refractivity contribution in [2.45, 2.75) is 6.92 Å². The van der Waals surface area contributed by atoms with Gasteiger partial charge in [-0.1, -0.05) is 27.5 Å². The highest BCUT2D eigenvalue weighted by molar-refractivity contribution is 9.10. The second-order valence-corrected chi connectivity index (χ2v) is 5.56. The summed E-state index contributed by atoms with van der Waals surface area (Å²) in [6.45, 7) is 1.89. The molecule has 3 nitrogen and oxygen atoms in total. The van der Waals surface area contributed by atoms with Gasteiger partial charge in [0.25, 0.3) is 5.91 Å². The van der Waals surface area contributed by atoms with E-state index in [1.807, 2.05) is 13.0 Å². The summed E-state index contributed by atoms with van der Waals surface area (Å²) in [7, 11) is 0. The van der Waals surface area contributed by atoms with Crippen molar-refractivity contribution in [2.24, 2.45) is 0 Å². The Hall–Kier alpha value is -1.52. The van der Waals surface area contributed by atoms with Crippen LogP contribution in [0, 0.1) is 6.92 Å². The number of benzene rings is 2. The molecule has 0 fully saturated rings. The molecular formula is C14H12BrClN2O.